The van der Waals surface area contributed by atoms with E-state index in [9.17, 15) is 0 Å². The number of hydrogen-bond acceptors (Lipinski definition) is 4. The van der Waals surface area contributed by atoms with Crippen molar-refractivity contribution in [2.24, 2.45) is 5.41 Å². The van der Waals surface area contributed by atoms with Crippen LogP contribution in [-0.2, 0) is 11.3 Å². The Hall–Kier alpha value is -0.810. The lowest BCUT2D eigenvalue weighted by molar-refractivity contribution is -0.00913. The fourth-order valence-electron chi connectivity index (χ4n) is 3.81. The zero-order chi connectivity index (χ0) is 16.1. The van der Waals surface area contributed by atoms with Crippen LogP contribution in [0.25, 0.3) is 0 Å². The molecule has 0 bridgehead atoms. The van der Waals surface area contributed by atoms with Crippen LogP contribution < -0.4 is 10.1 Å². The quantitative estimate of drug-likeness (QED) is 0.851. The molecule has 5 heteroatoms. The summed E-state index contributed by atoms with van der Waals surface area (Å²) in [6.07, 6.45) is 3.96. The Bertz CT molecular complexity index is 498. The molecule has 136 valence electrons. The minimum absolute atomic E-state index is 0. The van der Waals surface area contributed by atoms with Gasteiger partial charge in [0, 0.05) is 31.7 Å². The zero-order valence-corrected chi connectivity index (χ0v) is 15.7. The van der Waals surface area contributed by atoms with E-state index in [0.717, 1.165) is 43.8 Å². The van der Waals surface area contributed by atoms with Crippen molar-refractivity contribution in [1.29, 1.82) is 0 Å². The van der Waals surface area contributed by atoms with Crippen molar-refractivity contribution < 1.29 is 9.47 Å². The minimum atomic E-state index is 0. The Labute approximate surface area is 152 Å². The first-order valence-corrected chi connectivity index (χ1v) is 8.85. The van der Waals surface area contributed by atoms with Gasteiger partial charge < -0.3 is 19.7 Å². The van der Waals surface area contributed by atoms with E-state index in [1.165, 1.54) is 19.5 Å². The molecule has 0 spiro atoms. The van der Waals surface area contributed by atoms with Gasteiger partial charge in [-0.05, 0) is 37.3 Å². The third-order valence-corrected chi connectivity index (χ3v) is 5.26. The van der Waals surface area contributed by atoms with Gasteiger partial charge in [0.25, 0.3) is 0 Å². The van der Waals surface area contributed by atoms with Crippen molar-refractivity contribution in [2.45, 2.75) is 38.9 Å². The van der Waals surface area contributed by atoms with Crippen molar-refractivity contribution in [2.75, 3.05) is 39.8 Å². The molecule has 2 heterocycles. The maximum absolute atomic E-state index is 6.14. The maximum atomic E-state index is 6.14. The molecule has 0 saturated carbocycles. The highest BCUT2D eigenvalue weighted by Crippen LogP contribution is 2.28. The number of methoxy groups -OCH3 is 1. The molecule has 1 unspecified atom stereocenters. The van der Waals surface area contributed by atoms with Crippen LogP contribution in [-0.4, -0.2) is 50.8 Å². The van der Waals surface area contributed by atoms with Gasteiger partial charge in [-0.2, -0.15) is 0 Å². The lowest BCUT2D eigenvalue weighted by Gasteiger charge is -2.37. The number of nitrogens with zero attached hydrogens (tertiary/aromatic N) is 1. The van der Waals surface area contributed by atoms with Gasteiger partial charge in [0.1, 0.15) is 5.75 Å². The zero-order valence-electron chi connectivity index (χ0n) is 14.9. The summed E-state index contributed by atoms with van der Waals surface area (Å²) in [4.78, 5) is 2.62. The molecular formula is C19H31ClN2O2. The number of rotatable bonds is 6. The Morgan fingerprint density at radius 1 is 1.25 bits per heavy atom. The number of nitrogens with one attached hydrogen (secondary N) is 1. The Balaban J connectivity index is 0.00000208. The van der Waals surface area contributed by atoms with Crippen LogP contribution in [0, 0.1) is 5.41 Å². The third-order valence-electron chi connectivity index (χ3n) is 5.26. The second-order valence-electron chi connectivity index (χ2n) is 7.34. The standard InChI is InChI=1S/C19H30N2O2.ClH/c1-19(9-10-20-14-19)15-21-11-7-17(8-12-21)23-13-16-5-3-4-6-18(16)22-2;/h3-6,17,20H,7-15H2,1-2H3;1H. The highest BCUT2D eigenvalue weighted by molar-refractivity contribution is 5.85. The molecular weight excluding hydrogens is 324 g/mol. The highest BCUT2D eigenvalue weighted by atomic mass is 35.5. The number of benzene rings is 1. The summed E-state index contributed by atoms with van der Waals surface area (Å²) in [6.45, 7) is 8.94. The largest absolute Gasteiger partial charge is 0.496 e. The summed E-state index contributed by atoms with van der Waals surface area (Å²) in [5, 5.41) is 3.50. The average Bonchev–Trinajstić information content (AvgIpc) is 3.00. The molecule has 4 nitrogen and oxygen atoms in total. The van der Waals surface area contributed by atoms with E-state index >= 15 is 0 Å². The maximum Gasteiger partial charge on any atom is 0.124 e. The van der Waals surface area contributed by atoms with Crippen molar-refractivity contribution >= 4 is 12.4 Å². The van der Waals surface area contributed by atoms with Crippen molar-refractivity contribution in [3.8, 4) is 5.75 Å². The molecule has 2 aliphatic rings. The molecule has 0 aromatic heterocycles. The van der Waals surface area contributed by atoms with Crippen LogP contribution >= 0.6 is 12.4 Å². The summed E-state index contributed by atoms with van der Waals surface area (Å²) in [7, 11) is 1.72. The van der Waals surface area contributed by atoms with Crippen molar-refractivity contribution in [3.63, 3.8) is 0 Å². The fraction of sp³-hybridized carbons (Fsp3) is 0.684. The van der Waals surface area contributed by atoms with Crippen LogP contribution in [0.4, 0.5) is 0 Å². The van der Waals surface area contributed by atoms with E-state index in [1.54, 1.807) is 7.11 Å². The molecule has 2 aliphatic heterocycles. The summed E-state index contributed by atoms with van der Waals surface area (Å²) >= 11 is 0. The molecule has 0 aliphatic carbocycles. The predicted molar refractivity (Wildman–Crippen MR) is 100 cm³/mol. The molecule has 0 amide bonds. The monoisotopic (exact) mass is 354 g/mol. The lowest BCUT2D eigenvalue weighted by atomic mass is 9.88. The van der Waals surface area contributed by atoms with E-state index in [0.29, 0.717) is 18.1 Å². The van der Waals surface area contributed by atoms with E-state index < -0.39 is 0 Å². The van der Waals surface area contributed by atoms with Gasteiger partial charge in [0.15, 0.2) is 0 Å². The summed E-state index contributed by atoms with van der Waals surface area (Å²) in [6, 6.07) is 8.12. The number of likely N-dealkylation sites (tertiary alicyclic amines) is 1. The SMILES string of the molecule is COc1ccccc1COC1CCN(CC2(C)CCNC2)CC1.Cl. The average molecular weight is 355 g/mol. The summed E-state index contributed by atoms with van der Waals surface area (Å²) < 4.78 is 11.5. The summed E-state index contributed by atoms with van der Waals surface area (Å²) in [5.74, 6) is 0.923. The molecule has 1 N–H and O–H groups in total. The molecule has 1 aromatic rings. The molecule has 2 saturated heterocycles. The molecule has 3 rings (SSSR count). The van der Waals surface area contributed by atoms with Crippen LogP contribution in [0.5, 0.6) is 5.75 Å². The van der Waals surface area contributed by atoms with Gasteiger partial charge >= 0.3 is 0 Å². The second kappa shape index (κ2) is 9.04. The van der Waals surface area contributed by atoms with E-state index in [1.807, 2.05) is 18.2 Å². The first kappa shape index (κ1) is 19.5. The van der Waals surface area contributed by atoms with Gasteiger partial charge in [-0.25, -0.2) is 0 Å². The number of halogens is 1. The van der Waals surface area contributed by atoms with Crippen LogP contribution in [0.15, 0.2) is 24.3 Å². The van der Waals surface area contributed by atoms with Gasteiger partial charge in [-0.1, -0.05) is 25.1 Å². The Kier molecular flexibility index (Phi) is 7.35. The predicted octanol–water partition coefficient (Wildman–Crippen LogP) is 3.10. The lowest BCUT2D eigenvalue weighted by Crippen LogP contribution is -2.43. The second-order valence-corrected chi connectivity index (χ2v) is 7.34. The normalized spacial score (nSPS) is 25.4. The van der Waals surface area contributed by atoms with E-state index in [2.05, 4.69) is 23.2 Å². The van der Waals surface area contributed by atoms with Crippen LogP contribution in [0.3, 0.4) is 0 Å². The molecule has 1 atom stereocenters. The Morgan fingerprint density at radius 2 is 2.00 bits per heavy atom. The van der Waals surface area contributed by atoms with Gasteiger partial charge in [0.2, 0.25) is 0 Å². The smallest absolute Gasteiger partial charge is 0.124 e. The van der Waals surface area contributed by atoms with Gasteiger partial charge in [-0.3, -0.25) is 0 Å². The van der Waals surface area contributed by atoms with E-state index in [-0.39, 0.29) is 12.4 Å². The Morgan fingerprint density at radius 3 is 2.67 bits per heavy atom. The van der Waals surface area contributed by atoms with Crippen molar-refractivity contribution in [3.05, 3.63) is 29.8 Å². The number of ether oxygens (including phenoxy) is 2. The molecule has 0 radical (unpaired) electrons. The van der Waals surface area contributed by atoms with E-state index in [4.69, 9.17) is 9.47 Å². The number of piperidine rings is 1. The van der Waals surface area contributed by atoms with Crippen LogP contribution in [0.2, 0.25) is 0 Å². The number of hydrogen-bond donors (Lipinski definition) is 1. The molecule has 2 fully saturated rings. The first-order chi connectivity index (χ1) is 11.2. The van der Waals surface area contributed by atoms with Gasteiger partial charge in [-0.15, -0.1) is 12.4 Å². The molecule has 1 aromatic carbocycles. The number of para-hydroxylation sites is 1. The fourth-order valence-corrected chi connectivity index (χ4v) is 3.81. The third kappa shape index (κ3) is 5.09. The van der Waals surface area contributed by atoms with Crippen molar-refractivity contribution in [1.82, 2.24) is 10.2 Å². The van der Waals surface area contributed by atoms with Gasteiger partial charge in [0.05, 0.1) is 19.8 Å². The minimum Gasteiger partial charge on any atom is -0.496 e. The topological polar surface area (TPSA) is 33.7 Å². The first-order valence-electron chi connectivity index (χ1n) is 8.85. The highest BCUT2D eigenvalue weighted by Gasteiger charge is 2.32. The van der Waals surface area contributed by atoms with Crippen LogP contribution in [0.1, 0.15) is 31.7 Å². The summed E-state index contributed by atoms with van der Waals surface area (Å²) in [5.41, 5.74) is 1.60. The molecule has 24 heavy (non-hydrogen) atoms.